The number of thiophene rings is 1. The summed E-state index contributed by atoms with van der Waals surface area (Å²) in [6.07, 6.45) is 0.346. The van der Waals surface area contributed by atoms with Crippen LogP contribution in [0.1, 0.15) is 16.7 Å². The molecule has 3 N–H and O–H groups in total. The molecule has 4 heteroatoms. The molecule has 0 fully saturated rings. The third-order valence-electron chi connectivity index (χ3n) is 2.86. The number of hydrogen-bond acceptors (Lipinski definition) is 4. The largest absolute Gasteiger partial charge is 0.398 e. The van der Waals surface area contributed by atoms with Crippen LogP contribution >= 0.6 is 11.3 Å². The van der Waals surface area contributed by atoms with Crippen LogP contribution in [0.15, 0.2) is 29.0 Å². The van der Waals surface area contributed by atoms with E-state index in [0.717, 1.165) is 17.8 Å². The molecule has 0 aliphatic rings. The Morgan fingerprint density at radius 2 is 2.17 bits per heavy atom. The molecule has 1 heterocycles. The third kappa shape index (κ3) is 2.82. The topological polar surface area (TPSA) is 61.8 Å². The Balaban J connectivity index is 2.08. The molecule has 0 spiro atoms. The number of nitrogens with zero attached hydrogens (tertiary/aromatic N) is 1. The van der Waals surface area contributed by atoms with E-state index in [9.17, 15) is 0 Å². The average Bonchev–Trinajstić information content (AvgIpc) is 2.76. The Morgan fingerprint density at radius 3 is 2.83 bits per heavy atom. The highest BCUT2D eigenvalue weighted by molar-refractivity contribution is 7.08. The summed E-state index contributed by atoms with van der Waals surface area (Å²) in [5, 5.41) is 16.4. The summed E-state index contributed by atoms with van der Waals surface area (Å²) in [7, 11) is 0. The number of benzene rings is 1. The van der Waals surface area contributed by atoms with Crippen LogP contribution in [0.3, 0.4) is 0 Å². The summed E-state index contributed by atoms with van der Waals surface area (Å²) >= 11 is 1.71. The van der Waals surface area contributed by atoms with Crippen molar-refractivity contribution < 1.29 is 0 Å². The predicted molar refractivity (Wildman–Crippen MR) is 76.6 cm³/mol. The maximum absolute atomic E-state index is 8.73. The first-order valence-electron chi connectivity index (χ1n) is 5.71. The highest BCUT2D eigenvalue weighted by Gasteiger charge is 2.02. The molecule has 0 bridgehead atoms. The van der Waals surface area contributed by atoms with Gasteiger partial charge in [-0.25, -0.2) is 0 Å². The number of nitrogen functional groups attached to an aromatic ring is 1. The van der Waals surface area contributed by atoms with Gasteiger partial charge in [-0.15, -0.1) is 0 Å². The third-order valence-corrected chi connectivity index (χ3v) is 3.77. The van der Waals surface area contributed by atoms with Gasteiger partial charge in [0.15, 0.2) is 0 Å². The molecule has 2 aromatic rings. The van der Waals surface area contributed by atoms with Gasteiger partial charge < -0.3 is 11.1 Å². The van der Waals surface area contributed by atoms with E-state index in [4.69, 9.17) is 11.0 Å². The average molecular weight is 257 g/mol. The Hall–Kier alpha value is -1.99. The van der Waals surface area contributed by atoms with E-state index >= 15 is 0 Å². The monoisotopic (exact) mass is 257 g/mol. The van der Waals surface area contributed by atoms with Gasteiger partial charge in [0.1, 0.15) is 0 Å². The predicted octanol–water partition coefficient (Wildman–Crippen LogP) is 3.32. The first-order chi connectivity index (χ1) is 8.70. The maximum Gasteiger partial charge on any atom is 0.0670 e. The smallest absolute Gasteiger partial charge is 0.0670 e. The van der Waals surface area contributed by atoms with Crippen molar-refractivity contribution in [2.45, 2.75) is 19.9 Å². The molecule has 2 rings (SSSR count). The van der Waals surface area contributed by atoms with Crippen LogP contribution in [0.2, 0.25) is 0 Å². The summed E-state index contributed by atoms with van der Waals surface area (Å²) < 4.78 is 0. The lowest BCUT2D eigenvalue weighted by molar-refractivity contribution is 1.13. The van der Waals surface area contributed by atoms with Gasteiger partial charge in [-0.2, -0.15) is 16.6 Å². The van der Waals surface area contributed by atoms with Crippen LogP contribution in [0.25, 0.3) is 0 Å². The molecule has 3 nitrogen and oxygen atoms in total. The minimum Gasteiger partial charge on any atom is -0.398 e. The quantitative estimate of drug-likeness (QED) is 0.826. The van der Waals surface area contributed by atoms with E-state index in [1.807, 2.05) is 18.2 Å². The Morgan fingerprint density at radius 1 is 1.33 bits per heavy atom. The van der Waals surface area contributed by atoms with Gasteiger partial charge in [0.2, 0.25) is 0 Å². The number of nitrogens with one attached hydrogen (secondary N) is 1. The zero-order valence-electron chi connectivity index (χ0n) is 10.2. The summed E-state index contributed by atoms with van der Waals surface area (Å²) in [5.74, 6) is 0. The number of anilines is 2. The molecule has 0 saturated carbocycles. The van der Waals surface area contributed by atoms with Crippen LogP contribution in [0.4, 0.5) is 11.4 Å². The van der Waals surface area contributed by atoms with Gasteiger partial charge >= 0.3 is 0 Å². The van der Waals surface area contributed by atoms with Gasteiger partial charge in [0.25, 0.3) is 0 Å². The Labute approximate surface area is 111 Å². The molecule has 0 atom stereocenters. The van der Waals surface area contributed by atoms with E-state index < -0.39 is 0 Å². The molecule has 0 aliphatic carbocycles. The fourth-order valence-corrected chi connectivity index (χ4v) is 2.58. The summed E-state index contributed by atoms with van der Waals surface area (Å²) in [6.45, 7) is 2.91. The second-order valence-electron chi connectivity index (χ2n) is 4.18. The molecule has 0 radical (unpaired) electrons. The second-order valence-corrected chi connectivity index (χ2v) is 4.93. The molecule has 0 aliphatic heterocycles. The van der Waals surface area contributed by atoms with Crippen LogP contribution < -0.4 is 11.1 Å². The number of nitriles is 1. The summed E-state index contributed by atoms with van der Waals surface area (Å²) in [4.78, 5) is 0. The molecule has 1 aromatic heterocycles. The van der Waals surface area contributed by atoms with Crippen LogP contribution in [-0.2, 0) is 13.0 Å². The minimum atomic E-state index is 0.346. The van der Waals surface area contributed by atoms with Crippen LogP contribution in [0, 0.1) is 18.3 Å². The fraction of sp³-hybridized carbons (Fsp3) is 0.214. The number of hydrogen-bond donors (Lipinski definition) is 2. The molecule has 0 saturated heterocycles. The van der Waals surface area contributed by atoms with Crippen molar-refractivity contribution in [2.24, 2.45) is 0 Å². The first kappa shape index (κ1) is 12.5. The van der Waals surface area contributed by atoms with E-state index in [2.05, 4.69) is 29.1 Å². The lowest BCUT2D eigenvalue weighted by Gasteiger charge is -2.09. The number of aryl methyl sites for hydroxylation is 1. The molecule has 0 unspecified atom stereocenters. The van der Waals surface area contributed by atoms with E-state index in [-0.39, 0.29) is 0 Å². The van der Waals surface area contributed by atoms with E-state index in [1.165, 1.54) is 11.1 Å². The highest BCUT2D eigenvalue weighted by atomic mass is 32.1. The SMILES string of the molecule is Cc1cscc1CNc1ccc(N)c(CC#N)c1. The fourth-order valence-electron chi connectivity index (χ4n) is 1.72. The zero-order valence-corrected chi connectivity index (χ0v) is 11.1. The van der Waals surface area contributed by atoms with Crippen molar-refractivity contribution in [2.75, 3.05) is 11.1 Å². The Bertz CT molecular complexity index is 581. The van der Waals surface area contributed by atoms with Gasteiger partial charge in [0, 0.05) is 17.9 Å². The normalized spacial score (nSPS) is 10.0. The molecular weight excluding hydrogens is 242 g/mol. The lowest BCUT2D eigenvalue weighted by Crippen LogP contribution is -2.01. The van der Waals surface area contributed by atoms with E-state index in [0.29, 0.717) is 12.1 Å². The maximum atomic E-state index is 8.73. The summed E-state index contributed by atoms with van der Waals surface area (Å²) in [5.41, 5.74) is 11.0. The Kier molecular flexibility index (Phi) is 3.85. The van der Waals surface area contributed by atoms with Gasteiger partial charge in [-0.3, -0.25) is 0 Å². The number of nitrogens with two attached hydrogens (primary N) is 1. The molecule has 18 heavy (non-hydrogen) atoms. The van der Waals surface area contributed by atoms with E-state index in [1.54, 1.807) is 11.3 Å². The minimum absolute atomic E-state index is 0.346. The van der Waals surface area contributed by atoms with Crippen molar-refractivity contribution in [3.05, 3.63) is 45.6 Å². The van der Waals surface area contributed by atoms with Crippen molar-refractivity contribution in [3.8, 4) is 6.07 Å². The van der Waals surface area contributed by atoms with Crippen LogP contribution in [-0.4, -0.2) is 0 Å². The lowest BCUT2D eigenvalue weighted by atomic mass is 10.1. The van der Waals surface area contributed by atoms with Crippen LogP contribution in [0.5, 0.6) is 0 Å². The van der Waals surface area contributed by atoms with Gasteiger partial charge in [0.05, 0.1) is 12.5 Å². The highest BCUT2D eigenvalue weighted by Crippen LogP contribution is 2.20. The molecule has 0 amide bonds. The first-order valence-corrected chi connectivity index (χ1v) is 6.66. The van der Waals surface area contributed by atoms with Crippen molar-refractivity contribution in [1.82, 2.24) is 0 Å². The van der Waals surface area contributed by atoms with Crippen molar-refractivity contribution >= 4 is 22.7 Å². The standard InChI is InChI=1S/C14H15N3S/c1-10-8-18-9-12(10)7-17-13-2-3-14(16)11(6-13)4-5-15/h2-3,6,8-9,17H,4,7,16H2,1H3. The van der Waals surface area contributed by atoms with Gasteiger partial charge in [-0.05, 0) is 52.6 Å². The second kappa shape index (κ2) is 5.56. The van der Waals surface area contributed by atoms with Crippen molar-refractivity contribution in [3.63, 3.8) is 0 Å². The zero-order chi connectivity index (χ0) is 13.0. The van der Waals surface area contributed by atoms with Gasteiger partial charge in [-0.1, -0.05) is 0 Å². The summed E-state index contributed by atoms with van der Waals surface area (Å²) in [6, 6.07) is 7.85. The number of rotatable bonds is 4. The molecule has 92 valence electrons. The van der Waals surface area contributed by atoms with Crippen molar-refractivity contribution in [1.29, 1.82) is 5.26 Å². The molecular formula is C14H15N3S. The molecule has 1 aromatic carbocycles.